The molecule has 0 unspecified atom stereocenters. The molecule has 0 fully saturated rings. The lowest BCUT2D eigenvalue weighted by molar-refractivity contribution is 1.32. The normalized spacial score (nSPS) is 9.82. The van der Waals surface area contributed by atoms with Crippen LogP contribution in [-0.2, 0) is 0 Å². The molecule has 0 spiro atoms. The molecule has 0 aliphatic carbocycles. The Labute approximate surface area is 69.3 Å². The Kier molecular flexibility index (Phi) is 1.69. The lowest BCUT2D eigenvalue weighted by Gasteiger charge is -1.91. The zero-order valence-electron chi connectivity index (χ0n) is 5.82. The summed E-state index contributed by atoms with van der Waals surface area (Å²) >= 11 is 1.69. The molecule has 0 amide bonds. The minimum absolute atomic E-state index is 1.00. The molecule has 2 aromatic heterocycles. The van der Waals surface area contributed by atoms with Gasteiger partial charge in [-0.05, 0) is 23.6 Å². The van der Waals surface area contributed by atoms with E-state index in [2.05, 4.69) is 17.2 Å². The number of pyridine rings is 1. The van der Waals surface area contributed by atoms with Gasteiger partial charge in [0.1, 0.15) is 0 Å². The maximum Gasteiger partial charge on any atom is 0.0894 e. The van der Waals surface area contributed by atoms with Gasteiger partial charge in [-0.3, -0.25) is 0 Å². The van der Waals surface area contributed by atoms with Crippen LogP contribution < -0.4 is 0 Å². The van der Waals surface area contributed by atoms with E-state index in [4.69, 9.17) is 0 Å². The summed E-state index contributed by atoms with van der Waals surface area (Å²) in [5.74, 6) is 0. The highest BCUT2D eigenvalue weighted by molar-refractivity contribution is 7.13. The molecule has 0 atom stereocenters. The molecule has 0 saturated carbocycles. The zero-order valence-corrected chi connectivity index (χ0v) is 6.64. The Morgan fingerprint density at radius 1 is 1.27 bits per heavy atom. The van der Waals surface area contributed by atoms with Crippen molar-refractivity contribution < 1.29 is 0 Å². The van der Waals surface area contributed by atoms with Gasteiger partial charge >= 0.3 is 0 Å². The molecule has 2 rings (SSSR count). The maximum atomic E-state index is 4.11. The standard InChI is InChI=1S/C9H6NS/c1-2-6-10-8(4-1)9-5-3-7-11-9/h1-5,7H. The molecular formula is C9H6NS. The third kappa shape index (κ3) is 1.30. The average Bonchev–Trinajstić information content (AvgIpc) is 2.58. The fourth-order valence-corrected chi connectivity index (χ4v) is 1.58. The average molecular weight is 160 g/mol. The van der Waals surface area contributed by atoms with E-state index in [9.17, 15) is 0 Å². The van der Waals surface area contributed by atoms with Crippen molar-refractivity contribution in [2.45, 2.75) is 0 Å². The second-order valence-electron chi connectivity index (χ2n) is 2.13. The van der Waals surface area contributed by atoms with Gasteiger partial charge in [0.05, 0.1) is 16.8 Å². The number of hydrogen-bond acceptors (Lipinski definition) is 2. The fraction of sp³-hybridized carbons (Fsp3) is 0. The summed E-state index contributed by atoms with van der Waals surface area (Å²) in [5, 5.41) is 2.05. The molecule has 53 valence electrons. The van der Waals surface area contributed by atoms with Gasteiger partial charge < -0.3 is 0 Å². The lowest BCUT2D eigenvalue weighted by Crippen LogP contribution is -1.75. The van der Waals surface area contributed by atoms with Crippen molar-refractivity contribution in [3.63, 3.8) is 0 Å². The smallest absolute Gasteiger partial charge is 0.0894 e. The highest BCUT2D eigenvalue weighted by Crippen LogP contribution is 2.21. The van der Waals surface area contributed by atoms with Crippen LogP contribution in [0.25, 0.3) is 10.6 Å². The second kappa shape index (κ2) is 2.84. The summed E-state index contributed by atoms with van der Waals surface area (Å²) in [4.78, 5) is 5.30. The number of thiophene rings is 1. The van der Waals surface area contributed by atoms with Gasteiger partial charge in [-0.15, -0.1) is 11.3 Å². The van der Waals surface area contributed by atoms with Gasteiger partial charge in [0.2, 0.25) is 0 Å². The Hall–Kier alpha value is -1.15. The van der Waals surface area contributed by atoms with E-state index in [1.54, 1.807) is 17.4 Å². The van der Waals surface area contributed by atoms with Crippen molar-refractivity contribution in [2.24, 2.45) is 0 Å². The fourth-order valence-electron chi connectivity index (χ4n) is 0.888. The molecule has 1 radical (unpaired) electrons. The summed E-state index contributed by atoms with van der Waals surface area (Å²) in [6, 6.07) is 9.82. The molecule has 2 heterocycles. The predicted octanol–water partition coefficient (Wildman–Crippen LogP) is 2.61. The van der Waals surface area contributed by atoms with E-state index in [1.807, 2.05) is 23.6 Å². The number of rotatable bonds is 1. The van der Waals surface area contributed by atoms with Crippen molar-refractivity contribution in [1.82, 2.24) is 4.98 Å². The SMILES string of the molecule is [c]1cccc(-c2cccs2)n1. The summed E-state index contributed by atoms with van der Waals surface area (Å²) in [5.41, 5.74) is 1.00. The van der Waals surface area contributed by atoms with Crippen LogP contribution in [0.3, 0.4) is 0 Å². The number of nitrogens with zero attached hydrogens (tertiary/aromatic N) is 1. The first-order chi connectivity index (χ1) is 5.47. The molecule has 2 aromatic rings. The third-order valence-electron chi connectivity index (χ3n) is 1.38. The van der Waals surface area contributed by atoms with Crippen LogP contribution in [0.4, 0.5) is 0 Å². The largest absolute Gasteiger partial charge is 0.245 e. The van der Waals surface area contributed by atoms with Crippen LogP contribution in [0, 0.1) is 6.20 Å². The summed E-state index contributed by atoms with van der Waals surface area (Å²) in [7, 11) is 0. The van der Waals surface area contributed by atoms with Crippen molar-refractivity contribution >= 4 is 11.3 Å². The highest BCUT2D eigenvalue weighted by atomic mass is 32.1. The zero-order chi connectivity index (χ0) is 7.52. The van der Waals surface area contributed by atoms with Gasteiger partial charge in [0.25, 0.3) is 0 Å². The molecule has 0 bridgehead atoms. The molecular weight excluding hydrogens is 154 g/mol. The first-order valence-electron chi connectivity index (χ1n) is 3.34. The Balaban J connectivity index is 2.46. The minimum Gasteiger partial charge on any atom is -0.245 e. The molecule has 0 aromatic carbocycles. The summed E-state index contributed by atoms with van der Waals surface area (Å²) < 4.78 is 0. The molecule has 2 heteroatoms. The van der Waals surface area contributed by atoms with Crippen LogP contribution in [-0.4, -0.2) is 4.98 Å². The minimum atomic E-state index is 1.00. The van der Waals surface area contributed by atoms with E-state index in [0.29, 0.717) is 0 Å². The first kappa shape index (κ1) is 6.55. The number of aromatic nitrogens is 1. The van der Waals surface area contributed by atoms with E-state index in [1.165, 1.54) is 4.88 Å². The van der Waals surface area contributed by atoms with Crippen LogP contribution >= 0.6 is 11.3 Å². The molecule has 0 saturated heterocycles. The van der Waals surface area contributed by atoms with Crippen LogP contribution in [0.5, 0.6) is 0 Å². The maximum absolute atomic E-state index is 4.11. The van der Waals surface area contributed by atoms with Crippen LogP contribution in [0.1, 0.15) is 0 Å². The van der Waals surface area contributed by atoms with Crippen LogP contribution in [0.15, 0.2) is 35.7 Å². The lowest BCUT2D eigenvalue weighted by atomic mass is 10.3. The quantitative estimate of drug-likeness (QED) is 0.625. The molecule has 1 nitrogen and oxygen atoms in total. The van der Waals surface area contributed by atoms with Gasteiger partial charge in [-0.1, -0.05) is 12.1 Å². The van der Waals surface area contributed by atoms with E-state index in [-0.39, 0.29) is 0 Å². The number of hydrogen-bond donors (Lipinski definition) is 0. The van der Waals surface area contributed by atoms with Gasteiger partial charge in [-0.25, -0.2) is 4.98 Å². The monoisotopic (exact) mass is 160 g/mol. The Morgan fingerprint density at radius 3 is 2.91 bits per heavy atom. The van der Waals surface area contributed by atoms with E-state index in [0.717, 1.165) is 5.69 Å². The second-order valence-corrected chi connectivity index (χ2v) is 3.08. The third-order valence-corrected chi connectivity index (χ3v) is 2.28. The van der Waals surface area contributed by atoms with Crippen molar-refractivity contribution in [1.29, 1.82) is 0 Å². The van der Waals surface area contributed by atoms with E-state index >= 15 is 0 Å². The molecule has 0 aliphatic rings. The highest BCUT2D eigenvalue weighted by Gasteiger charge is 1.96. The summed E-state index contributed by atoms with van der Waals surface area (Å²) in [6.45, 7) is 0. The van der Waals surface area contributed by atoms with Gasteiger partial charge in [0.15, 0.2) is 0 Å². The molecule has 0 N–H and O–H groups in total. The van der Waals surface area contributed by atoms with Gasteiger partial charge in [-0.2, -0.15) is 0 Å². The first-order valence-corrected chi connectivity index (χ1v) is 4.22. The van der Waals surface area contributed by atoms with Crippen molar-refractivity contribution in [3.8, 4) is 10.6 Å². The predicted molar refractivity (Wildman–Crippen MR) is 46.4 cm³/mol. The van der Waals surface area contributed by atoms with Crippen molar-refractivity contribution in [2.75, 3.05) is 0 Å². The molecule has 0 aliphatic heterocycles. The van der Waals surface area contributed by atoms with Gasteiger partial charge in [0, 0.05) is 0 Å². The van der Waals surface area contributed by atoms with Crippen molar-refractivity contribution in [3.05, 3.63) is 41.9 Å². The van der Waals surface area contributed by atoms with E-state index < -0.39 is 0 Å². The summed E-state index contributed by atoms with van der Waals surface area (Å²) in [6.07, 6.45) is 2.81. The Morgan fingerprint density at radius 2 is 2.27 bits per heavy atom. The molecule has 11 heavy (non-hydrogen) atoms. The Bertz CT molecular complexity index is 313. The van der Waals surface area contributed by atoms with Crippen LogP contribution in [0.2, 0.25) is 0 Å². The topological polar surface area (TPSA) is 12.9 Å².